The lowest BCUT2D eigenvalue weighted by Gasteiger charge is -1.95. The minimum atomic E-state index is -0.515. The normalized spacial score (nSPS) is 11.7. The van der Waals surface area contributed by atoms with Gasteiger partial charge in [-0.15, -0.1) is 11.8 Å². The van der Waals surface area contributed by atoms with Gasteiger partial charge in [-0.2, -0.15) is 0 Å². The molecule has 0 saturated carbocycles. The number of allylic oxidation sites excluding steroid dienone is 1. The smallest absolute Gasteiger partial charge is 0.247 e. The van der Waals surface area contributed by atoms with Gasteiger partial charge in [-0.3, -0.25) is 4.79 Å². The molecule has 0 spiro atoms. The van der Waals surface area contributed by atoms with E-state index < -0.39 is 5.24 Å². The molecule has 0 saturated heterocycles. The van der Waals surface area contributed by atoms with Gasteiger partial charge in [0.2, 0.25) is 5.24 Å². The van der Waals surface area contributed by atoms with Crippen LogP contribution in [-0.4, -0.2) is 11.0 Å². The van der Waals surface area contributed by atoms with E-state index in [1.165, 1.54) is 17.8 Å². The Hall–Kier alpha value is 0.340. The molecule has 0 aliphatic heterocycles. The van der Waals surface area contributed by atoms with Crippen LogP contribution in [-0.2, 0) is 4.79 Å². The van der Waals surface area contributed by atoms with Gasteiger partial charge in [0.05, 0.1) is 4.36 Å². The van der Waals surface area contributed by atoms with E-state index in [1.807, 2.05) is 0 Å². The van der Waals surface area contributed by atoms with Crippen molar-refractivity contribution >= 4 is 40.2 Å². The lowest BCUT2D eigenvalue weighted by Crippen LogP contribution is -1.80. The summed E-state index contributed by atoms with van der Waals surface area (Å²) < 4.78 is 0.471. The number of hydrogen-bond acceptors (Lipinski definition) is 2. The zero-order valence-electron chi connectivity index (χ0n) is 6.27. The highest BCUT2D eigenvalue weighted by atomic mass is 35.5. The van der Waals surface area contributed by atoms with Crippen molar-refractivity contribution in [3.05, 3.63) is 10.4 Å². The van der Waals surface area contributed by atoms with Crippen molar-refractivity contribution in [1.82, 2.24) is 0 Å². The Kier molecular flexibility index (Phi) is 7.23. The van der Waals surface area contributed by atoms with Crippen LogP contribution in [0.25, 0.3) is 0 Å². The van der Waals surface area contributed by atoms with Crippen LogP contribution in [0.15, 0.2) is 10.4 Å². The minimum absolute atomic E-state index is 0.471. The van der Waals surface area contributed by atoms with Gasteiger partial charge in [-0.25, -0.2) is 0 Å². The first-order chi connectivity index (χ1) is 5.16. The quantitative estimate of drug-likeness (QED) is 0.395. The van der Waals surface area contributed by atoms with E-state index in [9.17, 15) is 4.79 Å². The van der Waals surface area contributed by atoms with Gasteiger partial charge < -0.3 is 0 Å². The Morgan fingerprint density at radius 3 is 2.64 bits per heavy atom. The van der Waals surface area contributed by atoms with Crippen LogP contribution >= 0.6 is 35.0 Å². The third-order valence-corrected chi connectivity index (χ3v) is 2.40. The fourth-order valence-corrected chi connectivity index (χ4v) is 1.82. The summed E-state index contributed by atoms with van der Waals surface area (Å²) >= 11 is 12.2. The molecule has 0 fully saturated rings. The topological polar surface area (TPSA) is 17.1 Å². The maximum Gasteiger partial charge on any atom is 0.247 e. The third kappa shape index (κ3) is 8.24. The largest absolute Gasteiger partial charge is 0.276 e. The van der Waals surface area contributed by atoms with E-state index in [1.54, 1.807) is 0 Å². The number of hydrogen-bond donors (Lipinski definition) is 0. The molecule has 1 nitrogen and oxygen atoms in total. The lowest BCUT2D eigenvalue weighted by atomic mass is 10.4. The van der Waals surface area contributed by atoms with Crippen LogP contribution in [0, 0.1) is 0 Å². The number of carbonyl (C=O) groups excluding carboxylic acids is 1. The van der Waals surface area contributed by atoms with Crippen LogP contribution in [0.2, 0.25) is 0 Å². The molecule has 64 valence electrons. The second-order valence-corrected chi connectivity index (χ2v) is 4.10. The Balaban J connectivity index is 3.51. The molecule has 0 bridgehead atoms. The van der Waals surface area contributed by atoms with Crippen LogP contribution in [0.4, 0.5) is 0 Å². The average Bonchev–Trinajstić information content (AvgIpc) is 1.86. The fraction of sp³-hybridized carbons (Fsp3) is 0.571. The monoisotopic (exact) mass is 212 g/mol. The van der Waals surface area contributed by atoms with Crippen LogP contribution in [0.5, 0.6) is 0 Å². The molecule has 0 aromatic heterocycles. The molecule has 0 rings (SSSR count). The molecule has 0 aromatic rings. The zero-order valence-corrected chi connectivity index (χ0v) is 8.60. The summed E-state index contributed by atoms with van der Waals surface area (Å²) in [4.78, 5) is 10.3. The van der Waals surface area contributed by atoms with Gasteiger partial charge in [0.1, 0.15) is 0 Å². The predicted molar refractivity (Wildman–Crippen MR) is 52.2 cm³/mol. The van der Waals surface area contributed by atoms with Crippen molar-refractivity contribution in [1.29, 1.82) is 0 Å². The summed E-state index contributed by atoms with van der Waals surface area (Å²) in [5.74, 6) is 0.940. The lowest BCUT2D eigenvalue weighted by molar-refractivity contribution is -0.107. The van der Waals surface area contributed by atoms with Gasteiger partial charge in [-0.1, -0.05) is 24.9 Å². The molecule has 0 N–H and O–H groups in total. The molecule has 0 heterocycles. The molecule has 0 aliphatic rings. The molecule has 11 heavy (non-hydrogen) atoms. The van der Waals surface area contributed by atoms with Crippen LogP contribution < -0.4 is 0 Å². The minimum Gasteiger partial charge on any atom is -0.276 e. The SMILES string of the molecule is CCCCS/C(Cl)=C/C(=O)Cl. The number of rotatable bonds is 5. The molecule has 0 atom stereocenters. The highest BCUT2D eigenvalue weighted by Gasteiger charge is 1.95. The van der Waals surface area contributed by atoms with Crippen molar-refractivity contribution in [2.75, 3.05) is 5.75 Å². The van der Waals surface area contributed by atoms with Gasteiger partial charge in [0.15, 0.2) is 0 Å². The van der Waals surface area contributed by atoms with Crippen molar-refractivity contribution in [2.24, 2.45) is 0 Å². The summed E-state index contributed by atoms with van der Waals surface area (Å²) in [6.45, 7) is 2.10. The molecule has 0 radical (unpaired) electrons. The maximum atomic E-state index is 10.3. The van der Waals surface area contributed by atoms with Gasteiger partial charge >= 0.3 is 0 Å². The molecular formula is C7H10Cl2OS. The standard InChI is InChI=1S/C7H10Cl2OS/c1-2-3-4-11-7(9)5-6(8)10/h5H,2-4H2,1H3/b7-5+. The number of thioether (sulfide) groups is 1. The summed E-state index contributed by atoms with van der Waals surface area (Å²) in [6, 6.07) is 0. The summed E-state index contributed by atoms with van der Waals surface area (Å²) in [5.41, 5.74) is 0. The second kappa shape index (κ2) is 7.01. The summed E-state index contributed by atoms with van der Waals surface area (Å²) in [6.07, 6.45) is 3.46. The Labute approximate surface area is 81.1 Å². The first-order valence-electron chi connectivity index (χ1n) is 3.36. The number of halogens is 2. The van der Waals surface area contributed by atoms with Crippen LogP contribution in [0.1, 0.15) is 19.8 Å². The van der Waals surface area contributed by atoms with E-state index in [2.05, 4.69) is 6.92 Å². The van der Waals surface area contributed by atoms with Crippen LogP contribution in [0.3, 0.4) is 0 Å². The second-order valence-electron chi connectivity index (χ2n) is 1.95. The van der Waals surface area contributed by atoms with E-state index in [0.29, 0.717) is 4.36 Å². The van der Waals surface area contributed by atoms with Crippen molar-refractivity contribution in [3.63, 3.8) is 0 Å². The molecule has 4 heteroatoms. The Bertz CT molecular complexity index is 157. The maximum absolute atomic E-state index is 10.3. The Morgan fingerprint density at radius 1 is 1.55 bits per heavy atom. The molecule has 0 amide bonds. The van der Waals surface area contributed by atoms with E-state index in [4.69, 9.17) is 23.2 Å². The van der Waals surface area contributed by atoms with Crippen molar-refractivity contribution in [2.45, 2.75) is 19.8 Å². The van der Waals surface area contributed by atoms with Gasteiger partial charge in [-0.05, 0) is 23.8 Å². The molecule has 0 unspecified atom stereocenters. The zero-order chi connectivity index (χ0) is 8.69. The Morgan fingerprint density at radius 2 is 2.18 bits per heavy atom. The first-order valence-corrected chi connectivity index (χ1v) is 5.10. The average molecular weight is 213 g/mol. The highest BCUT2D eigenvalue weighted by Crippen LogP contribution is 2.21. The predicted octanol–water partition coefficient (Wildman–Crippen LogP) is 3.37. The van der Waals surface area contributed by atoms with Gasteiger partial charge in [0.25, 0.3) is 0 Å². The van der Waals surface area contributed by atoms with E-state index in [0.717, 1.165) is 18.6 Å². The number of carbonyl (C=O) groups is 1. The number of unbranched alkanes of at least 4 members (excludes halogenated alkanes) is 1. The highest BCUT2D eigenvalue weighted by molar-refractivity contribution is 8.04. The molecule has 0 aromatic carbocycles. The fourth-order valence-electron chi connectivity index (χ4n) is 0.445. The summed E-state index contributed by atoms with van der Waals surface area (Å²) in [5, 5.41) is -0.515. The molecular weight excluding hydrogens is 203 g/mol. The third-order valence-electron chi connectivity index (χ3n) is 0.965. The van der Waals surface area contributed by atoms with Crippen molar-refractivity contribution in [3.8, 4) is 0 Å². The van der Waals surface area contributed by atoms with Crippen molar-refractivity contribution < 1.29 is 4.79 Å². The summed E-state index contributed by atoms with van der Waals surface area (Å²) in [7, 11) is 0. The molecule has 0 aliphatic carbocycles. The van der Waals surface area contributed by atoms with Gasteiger partial charge in [0, 0.05) is 6.08 Å². The van der Waals surface area contributed by atoms with E-state index >= 15 is 0 Å². The first kappa shape index (κ1) is 11.3. The van der Waals surface area contributed by atoms with E-state index in [-0.39, 0.29) is 0 Å².